The van der Waals surface area contributed by atoms with E-state index in [1.807, 2.05) is 0 Å². The number of hydrogen-bond donors (Lipinski definition) is 0. The molecule has 66 heavy (non-hydrogen) atoms. The van der Waals surface area contributed by atoms with Crippen molar-refractivity contribution >= 4 is 27.8 Å². The molecule has 0 atom stereocenters. The van der Waals surface area contributed by atoms with Gasteiger partial charge in [0.2, 0.25) is 0 Å². The summed E-state index contributed by atoms with van der Waals surface area (Å²) in [6.45, 7) is 0. The molecule has 0 saturated carbocycles. The third-order valence-electron chi connectivity index (χ3n) is 13.6. The van der Waals surface area contributed by atoms with Gasteiger partial charge in [0.05, 0.1) is 5.41 Å². The molecule has 0 radical (unpaired) electrons. The van der Waals surface area contributed by atoms with Crippen molar-refractivity contribution in [3.05, 3.63) is 295 Å². The van der Waals surface area contributed by atoms with Gasteiger partial charge in [0.1, 0.15) is 0 Å². The van der Waals surface area contributed by atoms with Gasteiger partial charge in [-0.15, -0.1) is 0 Å². The highest BCUT2D eigenvalue weighted by Crippen LogP contribution is 2.58. The van der Waals surface area contributed by atoms with E-state index in [9.17, 15) is 0 Å². The molecule has 0 bridgehead atoms. The van der Waals surface area contributed by atoms with Gasteiger partial charge >= 0.3 is 0 Å². The molecule has 1 heteroatoms. The SMILES string of the molecule is c1ccc(-c2ccc(N(c3ccc(-c4cccc(-c5cccc6c5-c5ccccc5C6(c5ccccc5)c5ccccc5)c4)cc3)c3ccc(-c4cccc5ccccc45)cc3)cc2)cc1. The lowest BCUT2D eigenvalue weighted by atomic mass is 9.67. The molecule has 0 fully saturated rings. The Morgan fingerprint density at radius 1 is 0.258 bits per heavy atom. The lowest BCUT2D eigenvalue weighted by Crippen LogP contribution is -2.28. The van der Waals surface area contributed by atoms with Crippen LogP contribution in [-0.4, -0.2) is 0 Å². The van der Waals surface area contributed by atoms with Crippen molar-refractivity contribution in [2.75, 3.05) is 4.90 Å². The summed E-state index contributed by atoms with van der Waals surface area (Å²) >= 11 is 0. The van der Waals surface area contributed by atoms with E-state index < -0.39 is 5.41 Å². The van der Waals surface area contributed by atoms with E-state index in [1.54, 1.807) is 0 Å². The fourth-order valence-corrected chi connectivity index (χ4v) is 10.6. The van der Waals surface area contributed by atoms with Crippen molar-refractivity contribution in [3.8, 4) is 55.6 Å². The van der Waals surface area contributed by atoms with Gasteiger partial charge in [-0.2, -0.15) is 0 Å². The summed E-state index contributed by atoms with van der Waals surface area (Å²) < 4.78 is 0. The Morgan fingerprint density at radius 3 is 1.35 bits per heavy atom. The van der Waals surface area contributed by atoms with E-state index >= 15 is 0 Å². The van der Waals surface area contributed by atoms with E-state index in [-0.39, 0.29) is 0 Å². The minimum atomic E-state index is -0.443. The molecule has 0 aliphatic heterocycles. The summed E-state index contributed by atoms with van der Waals surface area (Å²) in [7, 11) is 0. The number of benzene rings is 11. The zero-order chi connectivity index (χ0) is 43.9. The van der Waals surface area contributed by atoms with E-state index in [0.29, 0.717) is 0 Å². The van der Waals surface area contributed by atoms with Crippen LogP contribution >= 0.6 is 0 Å². The molecule has 0 saturated heterocycles. The van der Waals surface area contributed by atoms with Gasteiger partial charge in [0.15, 0.2) is 0 Å². The third-order valence-corrected chi connectivity index (χ3v) is 13.6. The molecule has 0 unspecified atom stereocenters. The monoisotopic (exact) mass is 839 g/mol. The first-order chi connectivity index (χ1) is 32.7. The van der Waals surface area contributed by atoms with Crippen molar-refractivity contribution in [1.29, 1.82) is 0 Å². The fraction of sp³-hybridized carbons (Fsp3) is 0.0154. The Bertz CT molecular complexity index is 3440. The first-order valence-electron chi connectivity index (χ1n) is 22.8. The van der Waals surface area contributed by atoms with Crippen LogP contribution in [0.2, 0.25) is 0 Å². The van der Waals surface area contributed by atoms with Gasteiger partial charge in [0, 0.05) is 17.1 Å². The fourth-order valence-electron chi connectivity index (χ4n) is 10.6. The lowest BCUT2D eigenvalue weighted by Gasteiger charge is -2.34. The molecular formula is C65H45N. The van der Waals surface area contributed by atoms with Crippen molar-refractivity contribution in [1.82, 2.24) is 0 Å². The van der Waals surface area contributed by atoms with Gasteiger partial charge < -0.3 is 4.90 Å². The van der Waals surface area contributed by atoms with Crippen LogP contribution in [0.25, 0.3) is 66.4 Å². The predicted octanol–water partition coefficient (Wildman–Crippen LogP) is 17.3. The molecule has 0 spiro atoms. The maximum absolute atomic E-state index is 2.37. The lowest BCUT2D eigenvalue weighted by molar-refractivity contribution is 0.768. The minimum Gasteiger partial charge on any atom is -0.311 e. The minimum absolute atomic E-state index is 0.443. The van der Waals surface area contributed by atoms with Crippen LogP contribution in [0.15, 0.2) is 273 Å². The molecule has 0 N–H and O–H groups in total. The van der Waals surface area contributed by atoms with E-state index in [1.165, 1.54) is 88.7 Å². The van der Waals surface area contributed by atoms with Crippen LogP contribution in [0.1, 0.15) is 22.3 Å². The highest BCUT2D eigenvalue weighted by atomic mass is 15.1. The van der Waals surface area contributed by atoms with Crippen molar-refractivity contribution in [2.45, 2.75) is 5.41 Å². The number of anilines is 3. The first kappa shape index (κ1) is 39.1. The van der Waals surface area contributed by atoms with Gasteiger partial charge in [-0.05, 0) is 131 Å². The second kappa shape index (κ2) is 16.6. The molecular weight excluding hydrogens is 795 g/mol. The summed E-state index contributed by atoms with van der Waals surface area (Å²) in [5.74, 6) is 0. The summed E-state index contributed by atoms with van der Waals surface area (Å²) in [5, 5.41) is 2.51. The first-order valence-corrected chi connectivity index (χ1v) is 22.8. The summed E-state index contributed by atoms with van der Waals surface area (Å²) in [6, 6.07) is 99.8. The summed E-state index contributed by atoms with van der Waals surface area (Å²) in [5.41, 5.74) is 20.2. The van der Waals surface area contributed by atoms with E-state index in [2.05, 4.69) is 278 Å². The van der Waals surface area contributed by atoms with Crippen molar-refractivity contribution in [2.24, 2.45) is 0 Å². The average Bonchev–Trinajstić information content (AvgIpc) is 3.71. The quantitative estimate of drug-likeness (QED) is 0.140. The molecule has 310 valence electrons. The molecule has 0 amide bonds. The third kappa shape index (κ3) is 6.64. The smallest absolute Gasteiger partial charge is 0.0713 e. The van der Waals surface area contributed by atoms with Crippen molar-refractivity contribution < 1.29 is 0 Å². The van der Waals surface area contributed by atoms with Gasteiger partial charge in [-0.25, -0.2) is 0 Å². The predicted molar refractivity (Wildman–Crippen MR) is 278 cm³/mol. The zero-order valence-corrected chi connectivity index (χ0v) is 36.4. The second-order valence-corrected chi connectivity index (χ2v) is 17.2. The highest BCUT2D eigenvalue weighted by molar-refractivity contribution is 5.98. The second-order valence-electron chi connectivity index (χ2n) is 17.2. The number of rotatable bonds is 9. The van der Waals surface area contributed by atoms with Gasteiger partial charge in [0.25, 0.3) is 0 Å². The topological polar surface area (TPSA) is 3.24 Å². The van der Waals surface area contributed by atoms with Crippen LogP contribution in [0.5, 0.6) is 0 Å². The highest BCUT2D eigenvalue weighted by Gasteiger charge is 2.46. The van der Waals surface area contributed by atoms with Crippen LogP contribution in [0.3, 0.4) is 0 Å². The van der Waals surface area contributed by atoms with Crippen LogP contribution in [0, 0.1) is 0 Å². The molecule has 0 heterocycles. The Kier molecular flexibility index (Phi) is 9.81. The Morgan fingerprint density at radius 2 is 0.682 bits per heavy atom. The van der Waals surface area contributed by atoms with Crippen LogP contribution in [-0.2, 0) is 5.41 Å². The Labute approximate surface area is 387 Å². The maximum Gasteiger partial charge on any atom is 0.0713 e. The standard InChI is InChI=1S/C65H45N/c1-4-17-46(18-5-1)47-33-39-55(40-34-47)66(57-43-37-50(38-44-57)59-29-15-20-49-19-10-11-27-58(49)59)56-41-35-48(36-42-56)51-21-14-22-52(45-51)60-30-16-32-63-64(60)61-28-12-13-31-62(61)65(63,53-23-6-2-7-24-53)54-25-8-3-9-26-54/h1-45H. The Hall–Kier alpha value is -8.52. The molecule has 11 aromatic carbocycles. The maximum atomic E-state index is 2.37. The summed E-state index contributed by atoms with van der Waals surface area (Å²) in [4.78, 5) is 2.36. The Balaban J connectivity index is 0.929. The molecule has 1 aliphatic carbocycles. The summed E-state index contributed by atoms with van der Waals surface area (Å²) in [6.07, 6.45) is 0. The number of fused-ring (bicyclic) bond motifs is 4. The number of hydrogen-bond acceptors (Lipinski definition) is 1. The van der Waals surface area contributed by atoms with Crippen LogP contribution < -0.4 is 4.90 Å². The van der Waals surface area contributed by atoms with Crippen LogP contribution in [0.4, 0.5) is 17.1 Å². The van der Waals surface area contributed by atoms with Gasteiger partial charge in [-0.1, -0.05) is 231 Å². The largest absolute Gasteiger partial charge is 0.311 e. The molecule has 12 rings (SSSR count). The average molecular weight is 840 g/mol. The van der Waals surface area contributed by atoms with Crippen molar-refractivity contribution in [3.63, 3.8) is 0 Å². The normalized spacial score (nSPS) is 12.4. The molecule has 1 nitrogen and oxygen atoms in total. The molecule has 0 aromatic heterocycles. The molecule has 1 aliphatic rings. The van der Waals surface area contributed by atoms with E-state index in [4.69, 9.17) is 0 Å². The van der Waals surface area contributed by atoms with Gasteiger partial charge in [-0.3, -0.25) is 0 Å². The number of nitrogens with zero attached hydrogens (tertiary/aromatic N) is 1. The molecule has 11 aromatic rings. The van der Waals surface area contributed by atoms with E-state index in [0.717, 1.165) is 17.1 Å². The zero-order valence-electron chi connectivity index (χ0n) is 36.4.